The summed E-state index contributed by atoms with van der Waals surface area (Å²) in [5, 5.41) is 8.63. The van der Waals surface area contributed by atoms with Crippen molar-refractivity contribution in [3.05, 3.63) is 12.2 Å². The van der Waals surface area contributed by atoms with Gasteiger partial charge in [-0.3, -0.25) is 4.68 Å². The fourth-order valence-electron chi connectivity index (χ4n) is 1.85. The Hall–Kier alpha value is -0.550. The van der Waals surface area contributed by atoms with E-state index in [0.717, 1.165) is 24.0 Å². The summed E-state index contributed by atoms with van der Waals surface area (Å²) < 4.78 is 1.75. The Balaban J connectivity index is 1.67. The number of hydrogen-bond donors (Lipinski definition) is 1. The molecule has 0 radical (unpaired) electrons. The second-order valence-corrected chi connectivity index (χ2v) is 5.59. The predicted octanol–water partition coefficient (Wildman–Crippen LogP) is 0.841. The Morgan fingerprint density at radius 3 is 3.13 bits per heavy atom. The lowest BCUT2D eigenvalue weighted by Crippen LogP contribution is -2.31. The van der Waals surface area contributed by atoms with Gasteiger partial charge < -0.3 is 5.32 Å². The van der Waals surface area contributed by atoms with Crippen molar-refractivity contribution in [3.63, 3.8) is 0 Å². The standard InChI is InChI=1S/C10H18N4S/c1-8-5-9(6-15-8)11-4-3-10-12-7-14(2)13-10/h7-9,11H,3-6H2,1-2H3. The minimum Gasteiger partial charge on any atom is -0.313 e. The van der Waals surface area contributed by atoms with E-state index in [0.29, 0.717) is 6.04 Å². The number of nitrogens with zero attached hydrogens (tertiary/aromatic N) is 3. The van der Waals surface area contributed by atoms with Crippen LogP contribution in [0.5, 0.6) is 0 Å². The van der Waals surface area contributed by atoms with Crippen LogP contribution in [0.25, 0.3) is 0 Å². The molecule has 15 heavy (non-hydrogen) atoms. The van der Waals surface area contributed by atoms with E-state index in [4.69, 9.17) is 0 Å². The molecule has 2 unspecified atom stereocenters. The summed E-state index contributed by atoms with van der Waals surface area (Å²) in [6, 6.07) is 0.689. The van der Waals surface area contributed by atoms with Gasteiger partial charge in [-0.25, -0.2) is 4.98 Å². The normalized spacial score (nSPS) is 26.0. The molecule has 1 aromatic rings. The largest absolute Gasteiger partial charge is 0.313 e. The van der Waals surface area contributed by atoms with Crippen molar-refractivity contribution in [2.75, 3.05) is 12.3 Å². The van der Waals surface area contributed by atoms with Crippen LogP contribution in [0, 0.1) is 0 Å². The highest BCUT2D eigenvalue weighted by molar-refractivity contribution is 8.00. The zero-order valence-corrected chi connectivity index (χ0v) is 10.1. The summed E-state index contributed by atoms with van der Waals surface area (Å²) in [4.78, 5) is 4.20. The Bertz CT molecular complexity index is 312. The molecule has 1 aliphatic heterocycles. The summed E-state index contributed by atoms with van der Waals surface area (Å²) in [5.74, 6) is 2.18. The van der Waals surface area contributed by atoms with Gasteiger partial charge in [-0.1, -0.05) is 6.92 Å². The van der Waals surface area contributed by atoms with E-state index in [9.17, 15) is 0 Å². The first-order valence-electron chi connectivity index (χ1n) is 5.43. The smallest absolute Gasteiger partial charge is 0.151 e. The van der Waals surface area contributed by atoms with Crippen LogP contribution in [0.3, 0.4) is 0 Å². The lowest BCUT2D eigenvalue weighted by molar-refractivity contribution is 0.536. The third kappa shape index (κ3) is 3.21. The lowest BCUT2D eigenvalue weighted by Gasteiger charge is -2.09. The van der Waals surface area contributed by atoms with E-state index in [1.165, 1.54) is 12.2 Å². The highest BCUT2D eigenvalue weighted by Gasteiger charge is 2.20. The highest BCUT2D eigenvalue weighted by Crippen LogP contribution is 2.25. The summed E-state index contributed by atoms with van der Waals surface area (Å²) >= 11 is 2.06. The summed E-state index contributed by atoms with van der Waals surface area (Å²) in [7, 11) is 1.90. The maximum absolute atomic E-state index is 4.25. The van der Waals surface area contributed by atoms with Crippen LogP contribution >= 0.6 is 11.8 Å². The molecule has 1 aliphatic rings. The maximum Gasteiger partial charge on any atom is 0.151 e. The number of rotatable bonds is 4. The van der Waals surface area contributed by atoms with Crippen LogP contribution in [-0.4, -0.2) is 38.4 Å². The molecular formula is C10H18N4S. The van der Waals surface area contributed by atoms with Crippen LogP contribution in [0.2, 0.25) is 0 Å². The molecule has 1 N–H and O–H groups in total. The quantitative estimate of drug-likeness (QED) is 0.826. The van der Waals surface area contributed by atoms with E-state index in [-0.39, 0.29) is 0 Å². The van der Waals surface area contributed by atoms with Crippen LogP contribution in [0.15, 0.2) is 6.33 Å². The summed E-state index contributed by atoms with van der Waals surface area (Å²) in [6.07, 6.45) is 3.97. The predicted molar refractivity (Wildman–Crippen MR) is 63.0 cm³/mol. The molecule has 1 saturated heterocycles. The molecule has 0 amide bonds. The maximum atomic E-state index is 4.25. The fraction of sp³-hybridized carbons (Fsp3) is 0.800. The first-order valence-corrected chi connectivity index (χ1v) is 6.48. The minimum atomic E-state index is 0.689. The average Bonchev–Trinajstić information content (AvgIpc) is 2.76. The van der Waals surface area contributed by atoms with Crippen molar-refractivity contribution in [1.82, 2.24) is 20.1 Å². The van der Waals surface area contributed by atoms with Gasteiger partial charge in [0.25, 0.3) is 0 Å². The molecule has 0 saturated carbocycles. The van der Waals surface area contributed by atoms with Crippen molar-refractivity contribution in [2.24, 2.45) is 7.05 Å². The third-order valence-corrected chi connectivity index (χ3v) is 3.98. The topological polar surface area (TPSA) is 42.7 Å². The number of hydrogen-bond acceptors (Lipinski definition) is 4. The second-order valence-electron chi connectivity index (χ2n) is 4.12. The number of thioether (sulfide) groups is 1. The average molecular weight is 226 g/mol. The number of aromatic nitrogens is 3. The highest BCUT2D eigenvalue weighted by atomic mass is 32.2. The molecule has 0 aromatic carbocycles. The first kappa shape index (κ1) is 11.0. The molecule has 0 spiro atoms. The van der Waals surface area contributed by atoms with Gasteiger partial charge in [0.1, 0.15) is 6.33 Å². The van der Waals surface area contributed by atoms with E-state index in [1.54, 1.807) is 11.0 Å². The lowest BCUT2D eigenvalue weighted by atomic mass is 10.2. The first-order chi connectivity index (χ1) is 7.24. The zero-order valence-electron chi connectivity index (χ0n) is 9.31. The Labute approximate surface area is 94.8 Å². The monoisotopic (exact) mass is 226 g/mol. The third-order valence-electron chi connectivity index (χ3n) is 2.63. The number of nitrogens with one attached hydrogen (secondary N) is 1. The SMILES string of the molecule is CC1CC(NCCc2ncn(C)n2)CS1. The van der Waals surface area contributed by atoms with Crippen molar-refractivity contribution >= 4 is 11.8 Å². The minimum absolute atomic E-state index is 0.689. The molecule has 0 aliphatic carbocycles. The van der Waals surface area contributed by atoms with Gasteiger partial charge in [-0.2, -0.15) is 16.9 Å². The molecule has 2 atom stereocenters. The van der Waals surface area contributed by atoms with Gasteiger partial charge in [0.05, 0.1) is 0 Å². The summed E-state index contributed by atoms with van der Waals surface area (Å²) in [6.45, 7) is 3.29. The van der Waals surface area contributed by atoms with Gasteiger partial charge >= 0.3 is 0 Å². The van der Waals surface area contributed by atoms with Crippen molar-refractivity contribution in [3.8, 4) is 0 Å². The zero-order chi connectivity index (χ0) is 10.7. The van der Waals surface area contributed by atoms with Gasteiger partial charge in [0, 0.05) is 37.1 Å². The fourth-order valence-corrected chi connectivity index (χ4v) is 3.03. The van der Waals surface area contributed by atoms with Crippen molar-refractivity contribution in [2.45, 2.75) is 31.1 Å². The molecule has 5 heteroatoms. The van der Waals surface area contributed by atoms with Gasteiger partial charge in [0.15, 0.2) is 5.82 Å². The van der Waals surface area contributed by atoms with E-state index in [1.807, 2.05) is 7.05 Å². The molecule has 4 nitrogen and oxygen atoms in total. The van der Waals surface area contributed by atoms with Gasteiger partial charge in [-0.15, -0.1) is 0 Å². The van der Waals surface area contributed by atoms with E-state index < -0.39 is 0 Å². The number of aryl methyl sites for hydroxylation is 1. The van der Waals surface area contributed by atoms with Crippen molar-refractivity contribution < 1.29 is 0 Å². The van der Waals surface area contributed by atoms with Crippen LogP contribution in [0.1, 0.15) is 19.2 Å². The molecule has 0 bridgehead atoms. The second kappa shape index (κ2) is 4.99. The Morgan fingerprint density at radius 1 is 1.67 bits per heavy atom. The van der Waals surface area contributed by atoms with E-state index >= 15 is 0 Å². The van der Waals surface area contributed by atoms with Crippen LogP contribution in [0.4, 0.5) is 0 Å². The summed E-state index contributed by atoms with van der Waals surface area (Å²) in [5.41, 5.74) is 0. The van der Waals surface area contributed by atoms with Gasteiger partial charge in [-0.05, 0) is 6.42 Å². The van der Waals surface area contributed by atoms with Gasteiger partial charge in [0.2, 0.25) is 0 Å². The molecule has 2 heterocycles. The molecule has 1 aromatic heterocycles. The van der Waals surface area contributed by atoms with Crippen molar-refractivity contribution in [1.29, 1.82) is 0 Å². The van der Waals surface area contributed by atoms with Crippen LogP contribution < -0.4 is 5.32 Å². The molecular weight excluding hydrogens is 208 g/mol. The molecule has 2 rings (SSSR count). The van der Waals surface area contributed by atoms with Crippen LogP contribution in [-0.2, 0) is 13.5 Å². The Morgan fingerprint density at radius 2 is 2.53 bits per heavy atom. The Kier molecular flexibility index (Phi) is 3.64. The molecule has 84 valence electrons. The van der Waals surface area contributed by atoms with E-state index in [2.05, 4.69) is 34.1 Å². The molecule has 1 fully saturated rings.